The van der Waals surface area contributed by atoms with Crippen LogP contribution in [0.1, 0.15) is 12.5 Å². The molecule has 0 spiro atoms. The summed E-state index contributed by atoms with van der Waals surface area (Å²) in [7, 11) is 1.82. The molecule has 0 unspecified atom stereocenters. The Kier molecular flexibility index (Phi) is 4.79. The predicted octanol–water partition coefficient (Wildman–Crippen LogP) is 1.75. The summed E-state index contributed by atoms with van der Waals surface area (Å²) in [5, 5.41) is 3.15. The van der Waals surface area contributed by atoms with Crippen LogP contribution in [0.2, 0.25) is 0 Å². The van der Waals surface area contributed by atoms with E-state index in [0.717, 1.165) is 30.0 Å². The van der Waals surface area contributed by atoms with Crippen molar-refractivity contribution in [1.29, 1.82) is 0 Å². The van der Waals surface area contributed by atoms with Crippen LogP contribution in [0.15, 0.2) is 35.4 Å². The maximum atomic E-state index is 12.2. The van der Waals surface area contributed by atoms with Crippen LogP contribution in [0, 0.1) is 6.92 Å². The fourth-order valence-corrected chi connectivity index (χ4v) is 2.07. The third kappa shape index (κ3) is 3.39. The molecule has 0 bridgehead atoms. The number of hydrogen-bond donors (Lipinski definition) is 1. The number of hydrogen-bond acceptors (Lipinski definition) is 3. The van der Waals surface area contributed by atoms with Gasteiger partial charge >= 0.3 is 0 Å². The molecule has 1 aromatic carbocycles. The summed E-state index contributed by atoms with van der Waals surface area (Å²) in [6, 6.07) is 7.90. The molecule has 1 N–H and O–H groups in total. The lowest BCUT2D eigenvalue weighted by atomic mass is 10.0. The Morgan fingerprint density at radius 1 is 1.35 bits per heavy atom. The Balaban J connectivity index is 1.82. The molecular formula is C16H22N2O2. The van der Waals surface area contributed by atoms with Crippen molar-refractivity contribution in [2.45, 2.75) is 13.8 Å². The Morgan fingerprint density at radius 2 is 2.05 bits per heavy atom. The van der Waals surface area contributed by atoms with Gasteiger partial charge < -0.3 is 15.0 Å². The summed E-state index contributed by atoms with van der Waals surface area (Å²) >= 11 is 0. The zero-order valence-corrected chi connectivity index (χ0v) is 12.4. The number of aryl methyl sites for hydroxylation is 1. The lowest BCUT2D eigenvalue weighted by Crippen LogP contribution is -2.39. The number of nitrogens with zero attached hydrogens (tertiary/aromatic N) is 1. The lowest BCUT2D eigenvalue weighted by molar-refractivity contribution is -0.126. The van der Waals surface area contributed by atoms with E-state index in [2.05, 4.69) is 5.32 Å². The summed E-state index contributed by atoms with van der Waals surface area (Å²) in [4.78, 5) is 13.9. The normalized spacial score (nSPS) is 13.7. The number of ether oxygens (including phenoxy) is 1. The van der Waals surface area contributed by atoms with Gasteiger partial charge in [-0.25, -0.2) is 0 Å². The molecule has 0 radical (unpaired) electrons. The van der Waals surface area contributed by atoms with Crippen molar-refractivity contribution in [2.24, 2.45) is 0 Å². The van der Waals surface area contributed by atoms with Gasteiger partial charge in [-0.15, -0.1) is 0 Å². The number of para-hydroxylation sites is 1. The molecule has 1 aliphatic rings. The van der Waals surface area contributed by atoms with Crippen molar-refractivity contribution >= 4 is 5.91 Å². The minimum atomic E-state index is 0.0925. The number of nitrogens with one attached hydrogen (secondary N) is 1. The van der Waals surface area contributed by atoms with E-state index in [0.29, 0.717) is 13.2 Å². The van der Waals surface area contributed by atoms with Crippen molar-refractivity contribution in [3.63, 3.8) is 0 Å². The zero-order valence-electron chi connectivity index (χ0n) is 12.4. The molecule has 1 fully saturated rings. The molecule has 108 valence electrons. The van der Waals surface area contributed by atoms with Crippen LogP contribution >= 0.6 is 0 Å². The van der Waals surface area contributed by atoms with Gasteiger partial charge in [0.1, 0.15) is 12.4 Å². The van der Waals surface area contributed by atoms with Crippen molar-refractivity contribution < 1.29 is 9.53 Å². The average Bonchev–Trinajstić information content (AvgIpc) is 2.38. The van der Waals surface area contributed by atoms with E-state index in [1.54, 1.807) is 4.90 Å². The van der Waals surface area contributed by atoms with Gasteiger partial charge in [0, 0.05) is 25.7 Å². The van der Waals surface area contributed by atoms with Gasteiger partial charge in [-0.2, -0.15) is 0 Å². The SMILES string of the molecule is CC(C(=O)N(C)CCOc1ccccc1C)=C1CNC1. The molecule has 1 amide bonds. The third-order valence-electron chi connectivity index (χ3n) is 3.65. The van der Waals surface area contributed by atoms with Crippen molar-refractivity contribution in [1.82, 2.24) is 10.2 Å². The first-order valence-electron chi connectivity index (χ1n) is 6.93. The van der Waals surface area contributed by atoms with E-state index in [1.807, 2.05) is 45.2 Å². The molecule has 1 heterocycles. The molecule has 0 saturated carbocycles. The number of carbonyl (C=O) groups is 1. The van der Waals surface area contributed by atoms with Crippen LogP contribution in [0.3, 0.4) is 0 Å². The van der Waals surface area contributed by atoms with Gasteiger partial charge in [0.2, 0.25) is 5.91 Å². The number of likely N-dealkylation sites (N-methyl/N-ethyl adjacent to an activating group) is 1. The largest absolute Gasteiger partial charge is 0.491 e. The van der Waals surface area contributed by atoms with Crippen molar-refractivity contribution in [3.05, 3.63) is 41.0 Å². The molecule has 20 heavy (non-hydrogen) atoms. The molecule has 1 aliphatic heterocycles. The first-order chi connectivity index (χ1) is 9.59. The van der Waals surface area contributed by atoms with Gasteiger partial charge in [-0.3, -0.25) is 4.79 Å². The average molecular weight is 274 g/mol. The topological polar surface area (TPSA) is 41.6 Å². The molecular weight excluding hydrogens is 252 g/mol. The summed E-state index contributed by atoms with van der Waals surface area (Å²) in [5.41, 5.74) is 3.18. The Morgan fingerprint density at radius 3 is 2.65 bits per heavy atom. The highest BCUT2D eigenvalue weighted by molar-refractivity contribution is 5.93. The van der Waals surface area contributed by atoms with E-state index in [4.69, 9.17) is 4.74 Å². The van der Waals surface area contributed by atoms with Gasteiger partial charge in [-0.1, -0.05) is 18.2 Å². The van der Waals surface area contributed by atoms with Crippen molar-refractivity contribution in [3.8, 4) is 5.75 Å². The second-order valence-corrected chi connectivity index (χ2v) is 5.17. The second-order valence-electron chi connectivity index (χ2n) is 5.17. The molecule has 0 aliphatic carbocycles. The predicted molar refractivity (Wildman–Crippen MR) is 79.9 cm³/mol. The smallest absolute Gasteiger partial charge is 0.249 e. The first-order valence-corrected chi connectivity index (χ1v) is 6.93. The molecule has 2 rings (SSSR count). The minimum Gasteiger partial charge on any atom is -0.491 e. The standard InChI is InChI=1S/C16H22N2O2/c1-12-6-4-5-7-15(12)20-9-8-18(3)16(19)13(2)14-10-17-11-14/h4-7,17H,8-11H2,1-3H3. The summed E-state index contributed by atoms with van der Waals surface area (Å²) in [6.45, 7) is 6.69. The molecule has 4 nitrogen and oxygen atoms in total. The first kappa shape index (κ1) is 14.6. The van der Waals surface area contributed by atoms with Crippen LogP contribution in [0.5, 0.6) is 5.75 Å². The van der Waals surface area contributed by atoms with Crippen LogP contribution < -0.4 is 10.1 Å². The van der Waals surface area contributed by atoms with Gasteiger partial charge in [0.15, 0.2) is 0 Å². The molecule has 0 aromatic heterocycles. The van der Waals surface area contributed by atoms with E-state index in [9.17, 15) is 4.79 Å². The summed E-state index contributed by atoms with van der Waals surface area (Å²) in [5.74, 6) is 0.974. The molecule has 1 aromatic rings. The fraction of sp³-hybridized carbons (Fsp3) is 0.438. The number of rotatable bonds is 5. The maximum Gasteiger partial charge on any atom is 0.249 e. The number of amides is 1. The Hall–Kier alpha value is -1.81. The highest BCUT2D eigenvalue weighted by Gasteiger charge is 2.18. The van der Waals surface area contributed by atoms with Gasteiger partial charge in [-0.05, 0) is 31.1 Å². The van der Waals surface area contributed by atoms with E-state index in [-0.39, 0.29) is 5.91 Å². The lowest BCUT2D eigenvalue weighted by Gasteiger charge is -2.24. The quantitative estimate of drug-likeness (QED) is 0.832. The highest BCUT2D eigenvalue weighted by Crippen LogP contribution is 2.16. The van der Waals surface area contributed by atoms with Crippen molar-refractivity contribution in [2.75, 3.05) is 33.3 Å². The van der Waals surface area contributed by atoms with Crippen LogP contribution in [0.4, 0.5) is 0 Å². The fourth-order valence-electron chi connectivity index (χ4n) is 2.07. The van der Waals surface area contributed by atoms with E-state index in [1.165, 1.54) is 5.57 Å². The van der Waals surface area contributed by atoms with Gasteiger partial charge in [0.05, 0.1) is 6.54 Å². The molecule has 4 heteroatoms. The highest BCUT2D eigenvalue weighted by atomic mass is 16.5. The zero-order chi connectivity index (χ0) is 14.5. The monoisotopic (exact) mass is 274 g/mol. The van der Waals surface area contributed by atoms with E-state index >= 15 is 0 Å². The summed E-state index contributed by atoms with van der Waals surface area (Å²) in [6.07, 6.45) is 0. The maximum absolute atomic E-state index is 12.2. The Bertz CT molecular complexity index is 517. The third-order valence-corrected chi connectivity index (χ3v) is 3.65. The molecule has 0 atom stereocenters. The number of carbonyl (C=O) groups excluding carboxylic acids is 1. The Labute approximate surface area is 120 Å². The number of benzene rings is 1. The second kappa shape index (κ2) is 6.57. The molecule has 1 saturated heterocycles. The van der Waals surface area contributed by atoms with Crippen LogP contribution in [0.25, 0.3) is 0 Å². The van der Waals surface area contributed by atoms with Crippen LogP contribution in [-0.4, -0.2) is 44.1 Å². The summed E-state index contributed by atoms with van der Waals surface area (Å²) < 4.78 is 5.72. The van der Waals surface area contributed by atoms with E-state index < -0.39 is 0 Å². The van der Waals surface area contributed by atoms with Crippen LogP contribution in [-0.2, 0) is 4.79 Å². The van der Waals surface area contributed by atoms with Gasteiger partial charge in [0.25, 0.3) is 0 Å². The minimum absolute atomic E-state index is 0.0925.